The molecule has 0 spiro atoms. The van der Waals surface area contributed by atoms with Gasteiger partial charge in [-0.1, -0.05) is 20.3 Å². The minimum absolute atomic E-state index is 0.0208. The number of sulfonamides is 1. The van der Waals surface area contributed by atoms with Crippen molar-refractivity contribution < 1.29 is 17.6 Å². The summed E-state index contributed by atoms with van der Waals surface area (Å²) in [5.41, 5.74) is 1.26. The highest BCUT2D eigenvalue weighted by Crippen LogP contribution is 2.19. The molecule has 22 heavy (non-hydrogen) atoms. The first-order chi connectivity index (χ1) is 10.3. The molecule has 2 aromatic rings. The van der Waals surface area contributed by atoms with Gasteiger partial charge in [-0.05, 0) is 29.7 Å². The number of carbonyl (C=O) groups is 1. The second kappa shape index (κ2) is 6.48. The molecule has 1 aromatic carbocycles. The molecule has 0 unspecified atom stereocenters. The van der Waals surface area contributed by atoms with Crippen LogP contribution in [0.1, 0.15) is 25.8 Å². The zero-order chi connectivity index (χ0) is 16.3. The van der Waals surface area contributed by atoms with Gasteiger partial charge in [-0.15, -0.1) is 0 Å². The molecule has 2 rings (SSSR count). The number of fused-ring (bicyclic) bond motifs is 1. The smallest absolute Gasteiger partial charge is 0.237 e. The van der Waals surface area contributed by atoms with Crippen molar-refractivity contribution in [2.45, 2.75) is 26.7 Å². The number of hydrogen-bond donors (Lipinski definition) is 2. The van der Waals surface area contributed by atoms with Crippen LogP contribution < -0.4 is 4.72 Å². The lowest BCUT2D eigenvalue weighted by Gasteiger charge is -2.10. The van der Waals surface area contributed by atoms with Crippen LogP contribution in [-0.4, -0.2) is 25.1 Å². The Labute approximate surface area is 129 Å². The minimum Gasteiger partial charge on any atom is -0.361 e. The molecule has 5 nitrogen and oxygen atoms in total. The van der Waals surface area contributed by atoms with Gasteiger partial charge < -0.3 is 4.98 Å². The Morgan fingerprint density at radius 3 is 2.82 bits per heavy atom. The highest BCUT2D eigenvalue weighted by molar-refractivity contribution is 7.90. The van der Waals surface area contributed by atoms with Crippen LogP contribution in [0.25, 0.3) is 10.9 Å². The number of benzene rings is 1. The fourth-order valence-electron chi connectivity index (χ4n) is 2.21. The molecule has 1 amide bonds. The maximum Gasteiger partial charge on any atom is 0.237 e. The maximum atomic E-state index is 13.3. The van der Waals surface area contributed by atoms with E-state index in [1.165, 1.54) is 12.1 Å². The minimum atomic E-state index is -3.64. The monoisotopic (exact) mass is 326 g/mol. The summed E-state index contributed by atoms with van der Waals surface area (Å²) in [6.45, 7) is 3.70. The van der Waals surface area contributed by atoms with Crippen LogP contribution in [0.15, 0.2) is 24.4 Å². The van der Waals surface area contributed by atoms with Crippen molar-refractivity contribution in [1.82, 2.24) is 9.71 Å². The number of halogens is 1. The summed E-state index contributed by atoms with van der Waals surface area (Å²) in [6, 6.07) is 4.22. The van der Waals surface area contributed by atoms with Gasteiger partial charge in [-0.3, -0.25) is 9.52 Å². The third-order valence-corrected chi connectivity index (χ3v) is 5.10. The summed E-state index contributed by atoms with van der Waals surface area (Å²) in [7, 11) is -3.64. The Hall–Kier alpha value is -1.89. The zero-order valence-electron chi connectivity index (χ0n) is 12.5. The van der Waals surface area contributed by atoms with E-state index >= 15 is 0 Å². The fraction of sp³-hybridized carbons (Fsp3) is 0.400. The van der Waals surface area contributed by atoms with Gasteiger partial charge in [0.15, 0.2) is 0 Å². The van der Waals surface area contributed by atoms with E-state index in [0.717, 1.165) is 6.42 Å². The average molecular weight is 326 g/mol. The summed E-state index contributed by atoms with van der Waals surface area (Å²) in [4.78, 5) is 14.9. The van der Waals surface area contributed by atoms with Crippen molar-refractivity contribution in [3.63, 3.8) is 0 Å². The molecule has 0 saturated heterocycles. The standard InChI is InChI=1S/C15H19FN2O3S/c1-3-10(2)9-22(20,21)18-15(19)6-11-8-17-14-5-4-12(16)7-13(11)14/h4-5,7-8,10,17H,3,6,9H2,1-2H3,(H,18,19)/t10-/m0/s1. The number of aromatic amines is 1. The maximum absolute atomic E-state index is 13.3. The summed E-state index contributed by atoms with van der Waals surface area (Å²) >= 11 is 0. The molecule has 1 atom stereocenters. The Kier molecular flexibility index (Phi) is 4.85. The van der Waals surface area contributed by atoms with E-state index in [4.69, 9.17) is 0 Å². The lowest BCUT2D eigenvalue weighted by atomic mass is 10.1. The molecule has 0 saturated carbocycles. The van der Waals surface area contributed by atoms with E-state index in [0.29, 0.717) is 16.5 Å². The molecule has 0 fully saturated rings. The first-order valence-electron chi connectivity index (χ1n) is 7.09. The molecule has 2 N–H and O–H groups in total. The Morgan fingerprint density at radius 2 is 2.14 bits per heavy atom. The fourth-order valence-corrected chi connectivity index (χ4v) is 3.70. The normalized spacial score (nSPS) is 13.2. The van der Waals surface area contributed by atoms with Crippen molar-refractivity contribution in [1.29, 1.82) is 0 Å². The van der Waals surface area contributed by atoms with Crippen LogP contribution in [0.5, 0.6) is 0 Å². The number of nitrogens with one attached hydrogen (secondary N) is 2. The second-order valence-electron chi connectivity index (χ2n) is 5.50. The first-order valence-corrected chi connectivity index (χ1v) is 8.74. The van der Waals surface area contributed by atoms with Crippen LogP contribution in [0.3, 0.4) is 0 Å². The van der Waals surface area contributed by atoms with Crippen LogP contribution in [0.4, 0.5) is 4.39 Å². The molecule has 0 bridgehead atoms. The highest BCUT2D eigenvalue weighted by Gasteiger charge is 2.18. The van der Waals surface area contributed by atoms with Crippen molar-refractivity contribution in [2.75, 3.05) is 5.75 Å². The predicted octanol–water partition coefficient (Wildman–Crippen LogP) is 2.34. The second-order valence-corrected chi connectivity index (χ2v) is 7.27. The molecular formula is C15H19FN2O3S. The van der Waals surface area contributed by atoms with Gasteiger partial charge in [0, 0.05) is 17.1 Å². The lowest BCUT2D eigenvalue weighted by molar-refractivity contribution is -0.118. The van der Waals surface area contributed by atoms with Crippen LogP contribution >= 0.6 is 0 Å². The number of aromatic nitrogens is 1. The zero-order valence-corrected chi connectivity index (χ0v) is 13.3. The lowest BCUT2D eigenvalue weighted by Crippen LogP contribution is -2.35. The van der Waals surface area contributed by atoms with E-state index in [1.54, 1.807) is 12.3 Å². The Bertz CT molecular complexity index is 783. The number of hydrogen-bond acceptors (Lipinski definition) is 3. The quantitative estimate of drug-likeness (QED) is 0.855. The third kappa shape index (κ3) is 4.07. The van der Waals surface area contributed by atoms with Gasteiger partial charge >= 0.3 is 0 Å². The molecule has 0 aliphatic heterocycles. The molecule has 0 radical (unpaired) electrons. The molecule has 0 aliphatic rings. The summed E-state index contributed by atoms with van der Waals surface area (Å²) in [5, 5.41) is 0.578. The number of amides is 1. The molecule has 7 heteroatoms. The molecule has 0 aliphatic carbocycles. The average Bonchev–Trinajstić information content (AvgIpc) is 2.79. The largest absolute Gasteiger partial charge is 0.361 e. The molecular weight excluding hydrogens is 307 g/mol. The number of rotatable bonds is 6. The van der Waals surface area contributed by atoms with E-state index in [2.05, 4.69) is 9.71 Å². The summed E-state index contributed by atoms with van der Waals surface area (Å²) in [6.07, 6.45) is 2.19. The Morgan fingerprint density at radius 1 is 1.41 bits per heavy atom. The van der Waals surface area contributed by atoms with Crippen molar-refractivity contribution in [3.05, 3.63) is 35.8 Å². The van der Waals surface area contributed by atoms with Crippen molar-refractivity contribution in [3.8, 4) is 0 Å². The van der Waals surface area contributed by atoms with E-state index in [1.807, 2.05) is 13.8 Å². The Balaban J connectivity index is 2.09. The van der Waals surface area contributed by atoms with Gasteiger partial charge in [0.25, 0.3) is 0 Å². The van der Waals surface area contributed by atoms with Gasteiger partial charge in [0.05, 0.1) is 12.2 Å². The van der Waals surface area contributed by atoms with Gasteiger partial charge in [0.2, 0.25) is 15.9 Å². The molecule has 1 aromatic heterocycles. The highest BCUT2D eigenvalue weighted by atomic mass is 32.2. The van der Waals surface area contributed by atoms with Gasteiger partial charge in [0.1, 0.15) is 5.82 Å². The molecule has 120 valence electrons. The van der Waals surface area contributed by atoms with Gasteiger partial charge in [-0.25, -0.2) is 12.8 Å². The van der Waals surface area contributed by atoms with E-state index in [-0.39, 0.29) is 18.1 Å². The number of carbonyl (C=O) groups excluding carboxylic acids is 1. The van der Waals surface area contributed by atoms with Crippen LogP contribution in [0.2, 0.25) is 0 Å². The predicted molar refractivity (Wildman–Crippen MR) is 83.3 cm³/mol. The van der Waals surface area contributed by atoms with E-state index in [9.17, 15) is 17.6 Å². The third-order valence-electron chi connectivity index (χ3n) is 3.55. The first kappa shape index (κ1) is 16.5. The van der Waals surface area contributed by atoms with Crippen LogP contribution in [0, 0.1) is 11.7 Å². The van der Waals surface area contributed by atoms with Gasteiger partial charge in [-0.2, -0.15) is 0 Å². The van der Waals surface area contributed by atoms with Crippen molar-refractivity contribution in [2.24, 2.45) is 5.92 Å². The van der Waals surface area contributed by atoms with Crippen molar-refractivity contribution >= 4 is 26.8 Å². The summed E-state index contributed by atoms with van der Waals surface area (Å²) < 4.78 is 39.1. The number of H-pyrrole nitrogens is 1. The molecule has 1 heterocycles. The van der Waals surface area contributed by atoms with Crippen LogP contribution in [-0.2, 0) is 21.2 Å². The summed E-state index contributed by atoms with van der Waals surface area (Å²) in [5.74, 6) is -1.13. The SMILES string of the molecule is CC[C@H](C)CS(=O)(=O)NC(=O)Cc1c[nH]c2ccc(F)cc12. The topological polar surface area (TPSA) is 79.0 Å². The van der Waals surface area contributed by atoms with E-state index < -0.39 is 21.7 Å².